The Morgan fingerprint density at radius 1 is 1.28 bits per heavy atom. The van der Waals surface area contributed by atoms with Gasteiger partial charge in [0.1, 0.15) is 0 Å². The third kappa shape index (κ3) is 3.59. The van der Waals surface area contributed by atoms with Gasteiger partial charge in [0, 0.05) is 31.5 Å². The number of nitrogens with one attached hydrogen (secondary N) is 1. The van der Waals surface area contributed by atoms with Gasteiger partial charge in [-0.2, -0.15) is 0 Å². The fourth-order valence-electron chi connectivity index (χ4n) is 2.83. The fraction of sp³-hybridized carbons (Fsp3) is 0.733. The molecule has 1 fully saturated rings. The van der Waals surface area contributed by atoms with E-state index in [9.17, 15) is 0 Å². The first kappa shape index (κ1) is 13.6. The van der Waals surface area contributed by atoms with Gasteiger partial charge in [0.25, 0.3) is 0 Å². The Balaban J connectivity index is 1.84. The van der Waals surface area contributed by atoms with E-state index in [4.69, 9.17) is 0 Å². The Hall–Kier alpha value is -0.800. The van der Waals surface area contributed by atoms with Crippen LogP contribution in [0.5, 0.6) is 0 Å². The van der Waals surface area contributed by atoms with Crippen molar-refractivity contribution in [3.8, 4) is 0 Å². The molecule has 1 atom stereocenters. The molecule has 3 nitrogen and oxygen atoms in total. The second kappa shape index (κ2) is 6.95. The van der Waals surface area contributed by atoms with Crippen molar-refractivity contribution >= 4 is 0 Å². The predicted octanol–water partition coefficient (Wildman–Crippen LogP) is 2.64. The molecule has 0 amide bonds. The average molecular weight is 249 g/mol. The molecule has 0 aliphatic carbocycles. The Bertz CT molecular complexity index is 339. The zero-order chi connectivity index (χ0) is 12.8. The molecular weight excluding hydrogens is 222 g/mol. The molecule has 0 bridgehead atoms. The molecule has 0 saturated carbocycles. The van der Waals surface area contributed by atoms with Crippen molar-refractivity contribution < 1.29 is 0 Å². The van der Waals surface area contributed by atoms with Gasteiger partial charge in [-0.05, 0) is 51.0 Å². The summed E-state index contributed by atoms with van der Waals surface area (Å²) in [6.45, 7) is 7.16. The van der Waals surface area contributed by atoms with Crippen molar-refractivity contribution in [1.82, 2.24) is 14.8 Å². The largest absolute Gasteiger partial charge is 0.353 e. The summed E-state index contributed by atoms with van der Waals surface area (Å²) in [5.74, 6) is 0. The van der Waals surface area contributed by atoms with Gasteiger partial charge >= 0.3 is 0 Å². The van der Waals surface area contributed by atoms with Crippen LogP contribution in [-0.2, 0) is 6.54 Å². The molecule has 0 spiro atoms. The first-order valence-corrected chi connectivity index (χ1v) is 7.38. The minimum atomic E-state index is 0.517. The van der Waals surface area contributed by atoms with Crippen LogP contribution in [0.25, 0.3) is 0 Å². The minimum absolute atomic E-state index is 0.517. The summed E-state index contributed by atoms with van der Waals surface area (Å²) in [5.41, 5.74) is 1.43. The summed E-state index contributed by atoms with van der Waals surface area (Å²) >= 11 is 0. The van der Waals surface area contributed by atoms with Crippen molar-refractivity contribution in [2.24, 2.45) is 0 Å². The molecule has 2 rings (SSSR count). The standard InChI is InChI=1S/C15H27N3/c1-3-6-15(16-2)14-7-10-18(13-14)12-11-17-8-4-5-9-17/h7,10,13,15-16H,3-6,8-9,11-12H2,1-2H3. The van der Waals surface area contributed by atoms with Crippen molar-refractivity contribution in [2.45, 2.75) is 45.2 Å². The van der Waals surface area contributed by atoms with Crippen LogP contribution in [0.15, 0.2) is 18.5 Å². The second-order valence-corrected chi connectivity index (χ2v) is 5.36. The van der Waals surface area contributed by atoms with Crippen LogP contribution in [0.3, 0.4) is 0 Å². The summed E-state index contributed by atoms with van der Waals surface area (Å²) in [5, 5.41) is 3.41. The van der Waals surface area contributed by atoms with Crippen LogP contribution in [0.2, 0.25) is 0 Å². The lowest BCUT2D eigenvalue weighted by atomic mass is 10.1. The molecule has 1 aromatic rings. The highest BCUT2D eigenvalue weighted by Crippen LogP contribution is 2.18. The van der Waals surface area contributed by atoms with E-state index >= 15 is 0 Å². The first-order valence-electron chi connectivity index (χ1n) is 7.38. The van der Waals surface area contributed by atoms with Gasteiger partial charge in [0.15, 0.2) is 0 Å². The van der Waals surface area contributed by atoms with Crippen LogP contribution in [0.4, 0.5) is 0 Å². The van der Waals surface area contributed by atoms with Crippen LogP contribution in [0, 0.1) is 0 Å². The van der Waals surface area contributed by atoms with E-state index in [1.165, 1.54) is 50.9 Å². The molecule has 1 aliphatic heterocycles. The number of likely N-dealkylation sites (tertiary alicyclic amines) is 1. The van der Waals surface area contributed by atoms with Crippen LogP contribution in [-0.4, -0.2) is 36.1 Å². The number of rotatable bonds is 7. The maximum absolute atomic E-state index is 3.41. The molecule has 3 heteroatoms. The predicted molar refractivity (Wildman–Crippen MR) is 76.8 cm³/mol. The summed E-state index contributed by atoms with van der Waals surface area (Å²) in [4.78, 5) is 2.57. The Labute approximate surface area is 111 Å². The van der Waals surface area contributed by atoms with Crippen LogP contribution >= 0.6 is 0 Å². The van der Waals surface area contributed by atoms with E-state index in [-0.39, 0.29) is 0 Å². The number of aromatic nitrogens is 1. The van der Waals surface area contributed by atoms with E-state index in [0.29, 0.717) is 6.04 Å². The zero-order valence-corrected chi connectivity index (χ0v) is 11.9. The Morgan fingerprint density at radius 2 is 2.06 bits per heavy atom. The fourth-order valence-corrected chi connectivity index (χ4v) is 2.83. The smallest absolute Gasteiger partial charge is 0.0347 e. The maximum Gasteiger partial charge on any atom is 0.0347 e. The molecule has 18 heavy (non-hydrogen) atoms. The van der Waals surface area contributed by atoms with Crippen LogP contribution in [0.1, 0.15) is 44.2 Å². The normalized spacial score (nSPS) is 18.3. The van der Waals surface area contributed by atoms with E-state index in [0.717, 1.165) is 6.54 Å². The molecule has 1 aromatic heterocycles. The molecule has 1 unspecified atom stereocenters. The molecule has 2 heterocycles. The van der Waals surface area contributed by atoms with Crippen molar-refractivity contribution in [3.05, 3.63) is 24.0 Å². The van der Waals surface area contributed by atoms with Gasteiger partial charge in [-0.1, -0.05) is 13.3 Å². The lowest BCUT2D eigenvalue weighted by molar-refractivity contribution is 0.322. The molecule has 1 N–H and O–H groups in total. The van der Waals surface area contributed by atoms with Gasteiger partial charge in [0.2, 0.25) is 0 Å². The van der Waals surface area contributed by atoms with Gasteiger partial charge in [-0.15, -0.1) is 0 Å². The summed E-state index contributed by atoms with van der Waals surface area (Å²) in [6, 6.07) is 2.78. The lowest BCUT2D eigenvalue weighted by Gasteiger charge is -2.15. The summed E-state index contributed by atoms with van der Waals surface area (Å²) in [7, 11) is 2.06. The Kier molecular flexibility index (Phi) is 5.26. The molecule has 0 radical (unpaired) electrons. The molecule has 1 saturated heterocycles. The van der Waals surface area contributed by atoms with E-state index in [1.54, 1.807) is 0 Å². The maximum atomic E-state index is 3.41. The third-order valence-electron chi connectivity index (χ3n) is 3.97. The molecule has 102 valence electrons. The number of nitrogens with zero attached hydrogens (tertiary/aromatic N) is 2. The summed E-state index contributed by atoms with van der Waals surface area (Å²) in [6.07, 6.45) is 9.75. The number of hydrogen-bond donors (Lipinski definition) is 1. The quantitative estimate of drug-likeness (QED) is 0.801. The second-order valence-electron chi connectivity index (χ2n) is 5.36. The van der Waals surface area contributed by atoms with Gasteiger partial charge in [-0.25, -0.2) is 0 Å². The third-order valence-corrected chi connectivity index (χ3v) is 3.97. The van der Waals surface area contributed by atoms with E-state index in [1.807, 2.05) is 0 Å². The number of hydrogen-bond acceptors (Lipinski definition) is 2. The highest BCUT2D eigenvalue weighted by atomic mass is 15.2. The molecular formula is C15H27N3. The van der Waals surface area contributed by atoms with Gasteiger partial charge < -0.3 is 14.8 Å². The minimum Gasteiger partial charge on any atom is -0.353 e. The average Bonchev–Trinajstić information content (AvgIpc) is 3.04. The summed E-state index contributed by atoms with van der Waals surface area (Å²) < 4.78 is 2.34. The SMILES string of the molecule is CCCC(NC)c1ccn(CCN2CCCC2)c1. The van der Waals surface area contributed by atoms with Crippen molar-refractivity contribution in [3.63, 3.8) is 0 Å². The highest BCUT2D eigenvalue weighted by molar-refractivity contribution is 5.15. The van der Waals surface area contributed by atoms with Gasteiger partial charge in [-0.3, -0.25) is 0 Å². The zero-order valence-electron chi connectivity index (χ0n) is 11.9. The molecule has 0 aromatic carbocycles. The Morgan fingerprint density at radius 3 is 2.72 bits per heavy atom. The monoisotopic (exact) mass is 249 g/mol. The highest BCUT2D eigenvalue weighted by Gasteiger charge is 2.12. The van der Waals surface area contributed by atoms with Gasteiger partial charge in [0.05, 0.1) is 0 Å². The van der Waals surface area contributed by atoms with Crippen molar-refractivity contribution in [1.29, 1.82) is 0 Å². The van der Waals surface area contributed by atoms with E-state index < -0.39 is 0 Å². The van der Waals surface area contributed by atoms with Crippen LogP contribution < -0.4 is 5.32 Å². The topological polar surface area (TPSA) is 20.2 Å². The molecule has 1 aliphatic rings. The first-order chi connectivity index (χ1) is 8.83. The van der Waals surface area contributed by atoms with E-state index in [2.05, 4.69) is 47.2 Å². The van der Waals surface area contributed by atoms with Crippen molar-refractivity contribution in [2.75, 3.05) is 26.7 Å². The lowest BCUT2D eigenvalue weighted by Crippen LogP contribution is -2.23.